The maximum atomic E-state index is 13.4. The molecule has 1 aliphatic rings. The third kappa shape index (κ3) is 6.56. The van der Waals surface area contributed by atoms with Crippen molar-refractivity contribution in [3.05, 3.63) is 118 Å². The Kier molecular flexibility index (Phi) is 8.55. The zero-order valence-corrected chi connectivity index (χ0v) is 25.5. The van der Waals surface area contributed by atoms with E-state index in [-0.39, 0.29) is 23.9 Å². The number of aromatic amines is 1. The minimum atomic E-state index is -3.81. The molecule has 4 aromatic carbocycles. The van der Waals surface area contributed by atoms with Crippen LogP contribution in [0, 0.1) is 0 Å². The number of benzene rings is 4. The number of ether oxygens (including phenoxy) is 1. The summed E-state index contributed by atoms with van der Waals surface area (Å²) in [7, 11) is -3.81. The van der Waals surface area contributed by atoms with E-state index in [0.717, 1.165) is 45.0 Å². The molecule has 0 unspecified atom stereocenters. The maximum Gasteiger partial charge on any atom is 0.251 e. The smallest absolute Gasteiger partial charge is 0.251 e. The Hall–Kier alpha value is -4.40. The van der Waals surface area contributed by atoms with Gasteiger partial charge in [-0.05, 0) is 71.7 Å². The van der Waals surface area contributed by atoms with Gasteiger partial charge in [-0.15, -0.1) is 0 Å². The number of nitrogens with one attached hydrogen (secondary N) is 2. The second kappa shape index (κ2) is 12.7. The van der Waals surface area contributed by atoms with E-state index in [1.54, 1.807) is 18.2 Å². The van der Waals surface area contributed by atoms with Gasteiger partial charge in [0.25, 0.3) is 5.91 Å². The number of aryl methyl sites for hydroxylation is 1. The van der Waals surface area contributed by atoms with E-state index in [4.69, 9.17) is 16.3 Å². The van der Waals surface area contributed by atoms with Crippen LogP contribution in [0.25, 0.3) is 27.8 Å². The molecule has 0 aliphatic heterocycles. The number of H-pyrrole nitrogens is 1. The van der Waals surface area contributed by atoms with Gasteiger partial charge in [0.15, 0.2) is 15.6 Å². The van der Waals surface area contributed by atoms with Gasteiger partial charge in [0, 0.05) is 33.4 Å². The summed E-state index contributed by atoms with van der Waals surface area (Å²) < 4.78 is 32.0. The highest BCUT2D eigenvalue weighted by atomic mass is 35.5. The van der Waals surface area contributed by atoms with Gasteiger partial charge in [0.05, 0.1) is 18.1 Å². The number of carbonyl (C=O) groups excluding carboxylic acids is 2. The molecule has 6 rings (SSSR count). The molecule has 0 saturated heterocycles. The molecule has 7 nitrogen and oxygen atoms in total. The summed E-state index contributed by atoms with van der Waals surface area (Å²) in [4.78, 5) is 29.1. The first kappa shape index (κ1) is 29.7. The third-order valence-corrected chi connectivity index (χ3v) is 9.58. The van der Waals surface area contributed by atoms with E-state index in [0.29, 0.717) is 35.6 Å². The number of fused-ring (bicyclic) bond motifs is 3. The molecule has 1 aromatic heterocycles. The molecule has 0 atom stereocenters. The lowest BCUT2D eigenvalue weighted by molar-refractivity contribution is 0.0955. The van der Waals surface area contributed by atoms with Crippen molar-refractivity contribution in [1.82, 2.24) is 10.3 Å². The predicted octanol–water partition coefficient (Wildman–Crippen LogP) is 6.58. The Bertz CT molecular complexity index is 2020. The van der Waals surface area contributed by atoms with Gasteiger partial charge in [0.2, 0.25) is 0 Å². The molecule has 1 amide bonds. The minimum Gasteiger partial charge on any atom is -0.493 e. The second-order valence-electron chi connectivity index (χ2n) is 10.9. The zero-order chi connectivity index (χ0) is 30.7. The van der Waals surface area contributed by atoms with E-state index in [1.165, 1.54) is 0 Å². The van der Waals surface area contributed by atoms with Gasteiger partial charge in [0.1, 0.15) is 11.5 Å². The Morgan fingerprint density at radius 3 is 2.68 bits per heavy atom. The molecule has 2 N–H and O–H groups in total. The van der Waals surface area contributed by atoms with E-state index >= 15 is 0 Å². The normalized spacial score (nSPS) is 12.5. The zero-order valence-electron chi connectivity index (χ0n) is 23.9. The number of carbonyl (C=O) groups is 2. The van der Waals surface area contributed by atoms with Gasteiger partial charge in [-0.25, -0.2) is 8.42 Å². The van der Waals surface area contributed by atoms with E-state index in [9.17, 15) is 18.0 Å². The molecule has 0 spiro atoms. The van der Waals surface area contributed by atoms with Gasteiger partial charge >= 0.3 is 0 Å². The number of allylic oxidation sites excluding steroid dienone is 1. The molecule has 0 radical (unpaired) electrons. The number of hydrogen-bond donors (Lipinski definition) is 2. The molecule has 0 bridgehead atoms. The standard InChI is InChI=1S/C35H31ClN2O5S/c36-27-15-16-29-30(11-5-18-43-33-12-4-8-24-6-1-2-10-28(24)33)34(38-31(29)21-27)32(39)22-44(41,42)19-17-37-35(40)26-14-13-23-7-3-9-25(23)20-26/h1-4,6-8,10,12-16,20-21,38H,5,9,11,17-19,22H2,(H,37,40). The summed E-state index contributed by atoms with van der Waals surface area (Å²) in [5.74, 6) is -1.11. The number of Topliss-reactive ketones (excluding diaryl/α,β-unsaturated/α-hetero) is 1. The van der Waals surface area contributed by atoms with Crippen LogP contribution in [0.1, 0.15) is 44.0 Å². The van der Waals surface area contributed by atoms with Crippen molar-refractivity contribution in [1.29, 1.82) is 0 Å². The lowest BCUT2D eigenvalue weighted by Crippen LogP contribution is -2.31. The monoisotopic (exact) mass is 626 g/mol. The molecule has 5 aromatic rings. The third-order valence-electron chi connectivity index (χ3n) is 7.82. The first-order chi connectivity index (χ1) is 21.3. The maximum absolute atomic E-state index is 13.4. The summed E-state index contributed by atoms with van der Waals surface area (Å²) in [6.45, 7) is 0.324. The summed E-state index contributed by atoms with van der Waals surface area (Å²) in [6.07, 6.45) is 5.92. The summed E-state index contributed by atoms with van der Waals surface area (Å²) >= 11 is 6.20. The van der Waals surface area contributed by atoms with Crippen molar-refractivity contribution in [2.45, 2.75) is 19.3 Å². The molecule has 0 fully saturated rings. The number of sulfone groups is 1. The molecular formula is C35H31ClN2O5S. The Balaban J connectivity index is 1.10. The fourth-order valence-electron chi connectivity index (χ4n) is 5.64. The van der Waals surface area contributed by atoms with Crippen LogP contribution in [0.3, 0.4) is 0 Å². The van der Waals surface area contributed by atoms with E-state index < -0.39 is 21.4 Å². The van der Waals surface area contributed by atoms with Crippen molar-refractivity contribution in [2.24, 2.45) is 0 Å². The SMILES string of the molecule is O=C(NCCS(=O)(=O)CC(=O)c1[nH]c2cc(Cl)ccc2c1CCCOc1cccc2ccccc12)c1ccc2c(c1)CC=C2. The molecule has 44 heavy (non-hydrogen) atoms. The quantitative estimate of drug-likeness (QED) is 0.120. The predicted molar refractivity (Wildman–Crippen MR) is 176 cm³/mol. The van der Waals surface area contributed by atoms with E-state index in [2.05, 4.69) is 10.3 Å². The minimum absolute atomic E-state index is 0.0928. The van der Waals surface area contributed by atoms with Crippen LogP contribution in [-0.2, 0) is 22.7 Å². The van der Waals surface area contributed by atoms with Crippen molar-refractivity contribution in [3.8, 4) is 5.75 Å². The number of rotatable bonds is 12. The van der Waals surface area contributed by atoms with Crippen LogP contribution < -0.4 is 10.1 Å². The topological polar surface area (TPSA) is 105 Å². The summed E-state index contributed by atoms with van der Waals surface area (Å²) in [5.41, 5.74) is 4.28. The molecule has 1 heterocycles. The Labute approximate surface area is 260 Å². The summed E-state index contributed by atoms with van der Waals surface area (Å²) in [6, 6.07) is 24.7. The lowest BCUT2D eigenvalue weighted by Gasteiger charge is -2.10. The molecule has 9 heteroatoms. The number of halogens is 1. The number of amides is 1. The average molecular weight is 627 g/mol. The Morgan fingerprint density at radius 2 is 1.80 bits per heavy atom. The fraction of sp³-hybridized carbons (Fsp3) is 0.200. The number of ketones is 1. The van der Waals surface area contributed by atoms with Gasteiger partial charge < -0.3 is 15.0 Å². The van der Waals surface area contributed by atoms with Crippen molar-refractivity contribution >= 4 is 60.9 Å². The van der Waals surface area contributed by atoms with Crippen molar-refractivity contribution < 1.29 is 22.7 Å². The summed E-state index contributed by atoms with van der Waals surface area (Å²) in [5, 5.41) is 6.11. The van der Waals surface area contributed by atoms with Crippen LogP contribution in [-0.4, -0.2) is 49.7 Å². The lowest BCUT2D eigenvalue weighted by atomic mass is 10.0. The molecular weight excluding hydrogens is 596 g/mol. The highest BCUT2D eigenvalue weighted by Crippen LogP contribution is 2.29. The van der Waals surface area contributed by atoms with Crippen LogP contribution in [0.4, 0.5) is 0 Å². The number of hydrogen-bond acceptors (Lipinski definition) is 5. The van der Waals surface area contributed by atoms with Gasteiger partial charge in [-0.3, -0.25) is 9.59 Å². The van der Waals surface area contributed by atoms with Crippen LogP contribution in [0.15, 0.2) is 84.9 Å². The molecule has 1 aliphatic carbocycles. The first-order valence-corrected chi connectivity index (χ1v) is 16.7. The van der Waals surface area contributed by atoms with Crippen molar-refractivity contribution in [3.63, 3.8) is 0 Å². The van der Waals surface area contributed by atoms with Crippen LogP contribution >= 0.6 is 11.6 Å². The van der Waals surface area contributed by atoms with Gasteiger partial charge in [-0.2, -0.15) is 0 Å². The van der Waals surface area contributed by atoms with Gasteiger partial charge in [-0.1, -0.05) is 72.3 Å². The molecule has 224 valence electrons. The highest BCUT2D eigenvalue weighted by molar-refractivity contribution is 7.92. The Morgan fingerprint density at radius 1 is 0.955 bits per heavy atom. The van der Waals surface area contributed by atoms with Crippen LogP contribution in [0.5, 0.6) is 5.75 Å². The largest absolute Gasteiger partial charge is 0.493 e. The molecule has 0 saturated carbocycles. The fourth-order valence-corrected chi connectivity index (χ4v) is 6.92. The first-order valence-electron chi connectivity index (χ1n) is 14.5. The second-order valence-corrected chi connectivity index (χ2v) is 13.5. The van der Waals surface area contributed by atoms with Crippen LogP contribution in [0.2, 0.25) is 5.02 Å². The highest BCUT2D eigenvalue weighted by Gasteiger charge is 2.24. The van der Waals surface area contributed by atoms with Crippen molar-refractivity contribution in [2.75, 3.05) is 24.7 Å². The number of aromatic nitrogens is 1. The van der Waals surface area contributed by atoms with E-state index in [1.807, 2.05) is 72.8 Å². The average Bonchev–Trinajstić information content (AvgIpc) is 3.63.